The molecule has 4 nitrogen and oxygen atoms in total. The van der Waals surface area contributed by atoms with E-state index in [1.165, 1.54) is 0 Å². The van der Waals surface area contributed by atoms with Gasteiger partial charge in [0.15, 0.2) is 0 Å². The molecule has 0 atom stereocenters. The SMILES string of the molecule is CCNc1nc(CC)nc(NCCSC)c1C. The Balaban J connectivity index is 2.89. The van der Waals surface area contributed by atoms with Gasteiger partial charge in [-0.3, -0.25) is 0 Å². The first-order chi connectivity index (χ1) is 8.22. The summed E-state index contributed by atoms with van der Waals surface area (Å²) in [6.45, 7) is 8.03. The lowest BCUT2D eigenvalue weighted by Crippen LogP contribution is -2.12. The third-order valence-electron chi connectivity index (χ3n) is 2.45. The quantitative estimate of drug-likeness (QED) is 0.732. The van der Waals surface area contributed by atoms with Gasteiger partial charge in [-0.25, -0.2) is 9.97 Å². The van der Waals surface area contributed by atoms with E-state index in [9.17, 15) is 0 Å². The number of rotatable bonds is 7. The van der Waals surface area contributed by atoms with Gasteiger partial charge in [0.25, 0.3) is 0 Å². The first kappa shape index (κ1) is 14.1. The van der Waals surface area contributed by atoms with E-state index in [1.54, 1.807) is 0 Å². The van der Waals surface area contributed by atoms with Crippen LogP contribution in [-0.4, -0.2) is 35.1 Å². The normalized spacial score (nSPS) is 10.4. The van der Waals surface area contributed by atoms with Gasteiger partial charge in [-0.2, -0.15) is 11.8 Å². The van der Waals surface area contributed by atoms with E-state index in [0.29, 0.717) is 0 Å². The van der Waals surface area contributed by atoms with Crippen molar-refractivity contribution < 1.29 is 0 Å². The fraction of sp³-hybridized carbons (Fsp3) is 0.667. The number of aromatic nitrogens is 2. The van der Waals surface area contributed by atoms with Crippen molar-refractivity contribution >= 4 is 23.4 Å². The zero-order valence-corrected chi connectivity index (χ0v) is 11.9. The van der Waals surface area contributed by atoms with E-state index in [4.69, 9.17) is 0 Å². The van der Waals surface area contributed by atoms with Crippen LogP contribution in [0.1, 0.15) is 25.2 Å². The zero-order valence-electron chi connectivity index (χ0n) is 11.1. The second-order valence-corrected chi connectivity index (χ2v) is 4.75. The summed E-state index contributed by atoms with van der Waals surface area (Å²) in [7, 11) is 0. The van der Waals surface area contributed by atoms with E-state index >= 15 is 0 Å². The number of hydrogen-bond acceptors (Lipinski definition) is 5. The first-order valence-corrected chi connectivity index (χ1v) is 7.46. The van der Waals surface area contributed by atoms with Crippen LogP contribution in [-0.2, 0) is 6.42 Å². The monoisotopic (exact) mass is 254 g/mol. The Hall–Kier alpha value is -0.970. The highest BCUT2D eigenvalue weighted by molar-refractivity contribution is 7.98. The number of anilines is 2. The molecule has 0 saturated carbocycles. The van der Waals surface area contributed by atoms with Crippen LogP contribution in [0.4, 0.5) is 11.6 Å². The molecule has 0 spiro atoms. The molecule has 0 bridgehead atoms. The predicted octanol–water partition coefficient (Wildman–Crippen LogP) is 2.55. The molecule has 96 valence electrons. The molecular weight excluding hydrogens is 232 g/mol. The molecule has 0 fully saturated rings. The summed E-state index contributed by atoms with van der Waals surface area (Å²) in [6.07, 6.45) is 2.96. The molecule has 2 N–H and O–H groups in total. The Morgan fingerprint density at radius 1 is 1.12 bits per heavy atom. The van der Waals surface area contributed by atoms with Gasteiger partial charge in [-0.05, 0) is 20.1 Å². The van der Waals surface area contributed by atoms with Gasteiger partial charge in [-0.1, -0.05) is 6.92 Å². The summed E-state index contributed by atoms with van der Waals surface area (Å²) < 4.78 is 0. The third-order valence-corrected chi connectivity index (χ3v) is 3.06. The Kier molecular flexibility index (Phi) is 6.11. The van der Waals surface area contributed by atoms with Crippen molar-refractivity contribution in [3.05, 3.63) is 11.4 Å². The smallest absolute Gasteiger partial charge is 0.134 e. The fourth-order valence-electron chi connectivity index (χ4n) is 1.50. The summed E-state index contributed by atoms with van der Waals surface area (Å²) in [5.74, 6) is 3.88. The van der Waals surface area contributed by atoms with Crippen LogP contribution in [0, 0.1) is 6.92 Å². The van der Waals surface area contributed by atoms with Crippen LogP contribution in [0.25, 0.3) is 0 Å². The lowest BCUT2D eigenvalue weighted by atomic mass is 10.3. The van der Waals surface area contributed by atoms with Crippen molar-refractivity contribution in [3.8, 4) is 0 Å². The molecule has 0 unspecified atom stereocenters. The molecule has 0 aliphatic rings. The topological polar surface area (TPSA) is 49.8 Å². The fourth-order valence-corrected chi connectivity index (χ4v) is 1.81. The van der Waals surface area contributed by atoms with Crippen molar-refractivity contribution in [2.45, 2.75) is 27.2 Å². The van der Waals surface area contributed by atoms with Crippen LogP contribution in [0.3, 0.4) is 0 Å². The molecule has 5 heteroatoms. The Labute approximate surface area is 108 Å². The van der Waals surface area contributed by atoms with Gasteiger partial charge in [0.2, 0.25) is 0 Å². The predicted molar refractivity (Wildman–Crippen MR) is 77.2 cm³/mol. The van der Waals surface area contributed by atoms with Crippen LogP contribution in [0.15, 0.2) is 0 Å². The molecule has 0 aliphatic carbocycles. The second kappa shape index (κ2) is 7.37. The van der Waals surface area contributed by atoms with Crippen LogP contribution < -0.4 is 10.6 Å². The Morgan fingerprint density at radius 2 is 1.76 bits per heavy atom. The van der Waals surface area contributed by atoms with Gasteiger partial charge < -0.3 is 10.6 Å². The standard InChI is InChI=1S/C12H22N4S/c1-5-10-15-11(13-6-2)9(3)12(16-10)14-7-8-17-4/h5-8H2,1-4H3,(H2,13,14,15,16). The van der Waals surface area contributed by atoms with Crippen molar-refractivity contribution in [2.24, 2.45) is 0 Å². The molecule has 1 heterocycles. The Morgan fingerprint density at radius 3 is 2.29 bits per heavy atom. The molecule has 0 amide bonds. The van der Waals surface area contributed by atoms with Crippen molar-refractivity contribution in [2.75, 3.05) is 35.7 Å². The van der Waals surface area contributed by atoms with Gasteiger partial charge in [-0.15, -0.1) is 0 Å². The molecule has 17 heavy (non-hydrogen) atoms. The van der Waals surface area contributed by atoms with Crippen molar-refractivity contribution in [1.29, 1.82) is 0 Å². The first-order valence-electron chi connectivity index (χ1n) is 6.07. The molecule has 0 aliphatic heterocycles. The second-order valence-electron chi connectivity index (χ2n) is 3.77. The van der Waals surface area contributed by atoms with Gasteiger partial charge in [0, 0.05) is 30.8 Å². The van der Waals surface area contributed by atoms with Crippen molar-refractivity contribution in [3.63, 3.8) is 0 Å². The number of aryl methyl sites for hydroxylation is 1. The van der Waals surface area contributed by atoms with Gasteiger partial charge in [0.1, 0.15) is 17.5 Å². The summed E-state index contributed by atoms with van der Waals surface area (Å²) in [5.41, 5.74) is 1.10. The van der Waals surface area contributed by atoms with E-state index in [0.717, 1.165) is 48.3 Å². The van der Waals surface area contributed by atoms with E-state index < -0.39 is 0 Å². The average Bonchev–Trinajstić information content (AvgIpc) is 2.34. The highest BCUT2D eigenvalue weighted by Crippen LogP contribution is 2.20. The van der Waals surface area contributed by atoms with Crippen LogP contribution in [0.5, 0.6) is 0 Å². The molecule has 0 aromatic carbocycles. The average molecular weight is 254 g/mol. The summed E-state index contributed by atoms with van der Waals surface area (Å²) in [5, 5.41) is 6.66. The van der Waals surface area contributed by atoms with E-state index in [2.05, 4.69) is 47.6 Å². The van der Waals surface area contributed by atoms with Gasteiger partial charge >= 0.3 is 0 Å². The lowest BCUT2D eigenvalue weighted by Gasteiger charge is -2.13. The summed E-state index contributed by atoms with van der Waals surface area (Å²) in [6, 6.07) is 0. The molecule has 1 aromatic heterocycles. The highest BCUT2D eigenvalue weighted by Gasteiger charge is 2.08. The molecule has 1 aromatic rings. The van der Waals surface area contributed by atoms with E-state index in [-0.39, 0.29) is 0 Å². The number of hydrogen-bond donors (Lipinski definition) is 2. The largest absolute Gasteiger partial charge is 0.370 e. The highest BCUT2D eigenvalue weighted by atomic mass is 32.2. The van der Waals surface area contributed by atoms with Gasteiger partial charge in [0.05, 0.1) is 0 Å². The molecular formula is C12H22N4S. The maximum Gasteiger partial charge on any atom is 0.134 e. The minimum Gasteiger partial charge on any atom is -0.370 e. The molecule has 0 radical (unpaired) electrons. The Bertz CT molecular complexity index is 355. The number of nitrogens with one attached hydrogen (secondary N) is 2. The number of thioether (sulfide) groups is 1. The number of nitrogens with zero attached hydrogens (tertiary/aromatic N) is 2. The molecule has 0 saturated heterocycles. The summed E-state index contributed by atoms with van der Waals surface area (Å²) in [4.78, 5) is 9.04. The van der Waals surface area contributed by atoms with Crippen LogP contribution in [0.2, 0.25) is 0 Å². The van der Waals surface area contributed by atoms with Crippen molar-refractivity contribution in [1.82, 2.24) is 9.97 Å². The summed E-state index contributed by atoms with van der Waals surface area (Å²) >= 11 is 1.83. The zero-order chi connectivity index (χ0) is 12.7. The minimum atomic E-state index is 0.857. The maximum atomic E-state index is 4.53. The lowest BCUT2D eigenvalue weighted by molar-refractivity contribution is 0.923. The minimum absolute atomic E-state index is 0.857. The maximum absolute atomic E-state index is 4.53. The third kappa shape index (κ3) is 4.07. The van der Waals surface area contributed by atoms with Crippen LogP contribution >= 0.6 is 11.8 Å². The molecule has 1 rings (SSSR count). The van der Waals surface area contributed by atoms with E-state index in [1.807, 2.05) is 11.8 Å².